The van der Waals surface area contributed by atoms with Crippen molar-refractivity contribution in [1.82, 2.24) is 15.3 Å². The van der Waals surface area contributed by atoms with E-state index in [9.17, 15) is 4.79 Å². The summed E-state index contributed by atoms with van der Waals surface area (Å²) in [5.74, 6) is 0.0871. The lowest BCUT2D eigenvalue weighted by Gasteiger charge is -2.61. The van der Waals surface area contributed by atoms with Gasteiger partial charge in [-0.3, -0.25) is 15.1 Å². The van der Waals surface area contributed by atoms with Crippen LogP contribution >= 0.6 is 0 Å². The number of hydrazine groups is 1. The Balaban J connectivity index is 2.42. The minimum Gasteiger partial charge on any atom is -0.330 e. The summed E-state index contributed by atoms with van der Waals surface area (Å²) in [6.45, 7) is 20.7. The lowest BCUT2D eigenvalue weighted by Crippen LogP contribution is -2.74. The number of nitrogens with zero attached hydrogens (tertiary/aromatic N) is 2. The van der Waals surface area contributed by atoms with Gasteiger partial charge >= 0.3 is 0 Å². The van der Waals surface area contributed by atoms with Crippen molar-refractivity contribution in [2.24, 2.45) is 5.73 Å². The van der Waals surface area contributed by atoms with Gasteiger partial charge in [0.15, 0.2) is 0 Å². The fraction of sp³-hybridized carbons (Fsp3) is 0.957. The van der Waals surface area contributed by atoms with Crippen LogP contribution in [-0.2, 0) is 4.79 Å². The van der Waals surface area contributed by atoms with E-state index < -0.39 is 5.54 Å². The molecule has 2 aliphatic rings. The number of likely N-dealkylation sites (tertiary alicyclic amines) is 1. The fourth-order valence-electron chi connectivity index (χ4n) is 6.46. The first-order chi connectivity index (χ1) is 12.6. The Morgan fingerprint density at radius 1 is 0.857 bits per heavy atom. The maximum Gasteiger partial charge on any atom is 0.254 e. The van der Waals surface area contributed by atoms with E-state index in [1.54, 1.807) is 0 Å². The lowest BCUT2D eigenvalue weighted by atomic mass is 9.74. The second-order valence-corrected chi connectivity index (χ2v) is 11.9. The van der Waals surface area contributed by atoms with Crippen LogP contribution in [0.15, 0.2) is 0 Å². The minimum absolute atomic E-state index is 0.0457. The number of carbonyl (C=O) groups excluding carboxylic acids is 1. The third-order valence-corrected chi connectivity index (χ3v) is 7.40. The number of nitrogens with two attached hydrogens (primary N) is 1. The van der Waals surface area contributed by atoms with E-state index in [2.05, 4.69) is 77.6 Å². The first kappa shape index (κ1) is 23.6. The average Bonchev–Trinajstić information content (AvgIpc) is 2.48. The Morgan fingerprint density at radius 3 is 1.64 bits per heavy atom. The predicted molar refractivity (Wildman–Crippen MR) is 118 cm³/mol. The highest BCUT2D eigenvalue weighted by Gasteiger charge is 2.54. The van der Waals surface area contributed by atoms with Crippen molar-refractivity contribution >= 4 is 5.91 Å². The molecule has 0 aromatic heterocycles. The number of nitrogens with one attached hydrogen (secondary N) is 1. The summed E-state index contributed by atoms with van der Waals surface area (Å²) < 4.78 is 0. The number of amides is 1. The monoisotopic (exact) mass is 394 g/mol. The first-order valence-corrected chi connectivity index (χ1v) is 11.2. The normalized spacial score (nSPS) is 29.1. The molecular formula is C23H46N4O. The van der Waals surface area contributed by atoms with Gasteiger partial charge in [-0.05, 0) is 114 Å². The van der Waals surface area contributed by atoms with E-state index in [0.29, 0.717) is 13.0 Å². The van der Waals surface area contributed by atoms with Gasteiger partial charge in [0.1, 0.15) is 5.54 Å². The van der Waals surface area contributed by atoms with Crippen LogP contribution in [0.25, 0.3) is 0 Å². The Labute approximate surface area is 173 Å². The molecule has 0 saturated carbocycles. The average molecular weight is 395 g/mol. The van der Waals surface area contributed by atoms with E-state index in [1.165, 1.54) is 12.8 Å². The second-order valence-electron chi connectivity index (χ2n) is 11.9. The van der Waals surface area contributed by atoms with Crippen molar-refractivity contribution < 1.29 is 4.79 Å². The molecule has 2 fully saturated rings. The number of hydrogen-bond acceptors (Lipinski definition) is 4. The van der Waals surface area contributed by atoms with E-state index in [4.69, 9.17) is 5.73 Å². The molecule has 5 nitrogen and oxygen atoms in total. The van der Waals surface area contributed by atoms with Crippen molar-refractivity contribution in [3.8, 4) is 0 Å². The highest BCUT2D eigenvalue weighted by atomic mass is 16.2. The SMILES string of the molecule is CC1(C)CCCC(C)(C)N1NC(=O)C(C)(CCN)N1C(C)(C)CCCC1(C)C. The highest BCUT2D eigenvalue weighted by molar-refractivity contribution is 5.86. The molecule has 0 aromatic carbocycles. The third kappa shape index (κ3) is 4.27. The molecule has 0 radical (unpaired) electrons. The van der Waals surface area contributed by atoms with Gasteiger partial charge in [-0.2, -0.15) is 0 Å². The molecule has 2 heterocycles. The summed E-state index contributed by atoms with van der Waals surface area (Å²) in [4.78, 5) is 16.4. The standard InChI is InChI=1S/C23H46N4O/c1-19(2)12-10-13-20(3,4)26(19)23(9,16-17-24)18(28)25-27-21(5,6)14-11-15-22(27,7)8/h10-17,24H2,1-9H3,(H,25,28). The molecule has 5 heteroatoms. The quantitative estimate of drug-likeness (QED) is 0.733. The van der Waals surface area contributed by atoms with Crippen LogP contribution in [0.5, 0.6) is 0 Å². The van der Waals surface area contributed by atoms with E-state index in [0.717, 1.165) is 25.7 Å². The summed E-state index contributed by atoms with van der Waals surface area (Å²) in [7, 11) is 0. The highest BCUT2D eigenvalue weighted by Crippen LogP contribution is 2.45. The Kier molecular flexibility index (Phi) is 6.37. The van der Waals surface area contributed by atoms with Gasteiger partial charge < -0.3 is 5.73 Å². The number of carbonyl (C=O) groups is 1. The van der Waals surface area contributed by atoms with Crippen LogP contribution in [0.2, 0.25) is 0 Å². The molecule has 2 aliphatic heterocycles. The largest absolute Gasteiger partial charge is 0.330 e. The summed E-state index contributed by atoms with van der Waals surface area (Å²) in [6.07, 6.45) is 7.42. The zero-order chi connectivity index (χ0) is 21.6. The lowest BCUT2D eigenvalue weighted by molar-refractivity contribution is -0.167. The molecule has 1 atom stereocenters. The van der Waals surface area contributed by atoms with Crippen LogP contribution in [-0.4, -0.2) is 50.1 Å². The van der Waals surface area contributed by atoms with E-state index in [-0.39, 0.29) is 28.1 Å². The van der Waals surface area contributed by atoms with Gasteiger partial charge in [0.05, 0.1) is 0 Å². The van der Waals surface area contributed by atoms with Gasteiger partial charge in [-0.25, -0.2) is 5.01 Å². The minimum atomic E-state index is -0.647. The molecular weight excluding hydrogens is 348 g/mol. The van der Waals surface area contributed by atoms with Gasteiger partial charge in [0, 0.05) is 22.2 Å². The van der Waals surface area contributed by atoms with Gasteiger partial charge in [-0.15, -0.1) is 0 Å². The van der Waals surface area contributed by atoms with Crippen LogP contribution in [0.4, 0.5) is 0 Å². The zero-order valence-electron chi connectivity index (χ0n) is 20.0. The summed E-state index contributed by atoms with van der Waals surface area (Å²) in [5, 5.41) is 2.23. The predicted octanol–water partition coefficient (Wildman–Crippen LogP) is 4.21. The topological polar surface area (TPSA) is 61.6 Å². The van der Waals surface area contributed by atoms with Crippen LogP contribution in [0, 0.1) is 0 Å². The van der Waals surface area contributed by atoms with Crippen LogP contribution in [0.3, 0.4) is 0 Å². The molecule has 28 heavy (non-hydrogen) atoms. The maximum absolute atomic E-state index is 13.9. The molecule has 0 aromatic rings. The summed E-state index contributed by atoms with van der Waals surface area (Å²) >= 11 is 0. The van der Waals surface area contributed by atoms with Crippen LogP contribution < -0.4 is 11.2 Å². The molecule has 0 bridgehead atoms. The van der Waals surface area contributed by atoms with Gasteiger partial charge in [-0.1, -0.05) is 0 Å². The summed E-state index contributed by atoms with van der Waals surface area (Å²) in [5.41, 5.74) is 8.59. The molecule has 3 N–H and O–H groups in total. The Hall–Kier alpha value is -0.650. The summed E-state index contributed by atoms with van der Waals surface area (Å²) in [6, 6.07) is 0. The van der Waals surface area contributed by atoms with Gasteiger partial charge in [0.25, 0.3) is 5.91 Å². The molecule has 164 valence electrons. The smallest absolute Gasteiger partial charge is 0.254 e. The number of rotatable bonds is 5. The molecule has 2 saturated heterocycles. The second kappa shape index (κ2) is 7.55. The van der Waals surface area contributed by atoms with Crippen molar-refractivity contribution in [3.63, 3.8) is 0 Å². The number of hydrogen-bond donors (Lipinski definition) is 2. The molecule has 1 unspecified atom stereocenters. The van der Waals surface area contributed by atoms with E-state index >= 15 is 0 Å². The molecule has 2 rings (SSSR count). The molecule has 1 amide bonds. The Morgan fingerprint density at radius 2 is 1.25 bits per heavy atom. The van der Waals surface area contributed by atoms with E-state index in [1.807, 2.05) is 0 Å². The maximum atomic E-state index is 13.9. The number of piperidine rings is 2. The first-order valence-electron chi connectivity index (χ1n) is 11.2. The third-order valence-electron chi connectivity index (χ3n) is 7.40. The van der Waals surface area contributed by atoms with Gasteiger partial charge in [0.2, 0.25) is 0 Å². The molecule has 0 spiro atoms. The Bertz CT molecular complexity index is 549. The van der Waals surface area contributed by atoms with Crippen molar-refractivity contribution in [1.29, 1.82) is 0 Å². The van der Waals surface area contributed by atoms with Crippen molar-refractivity contribution in [3.05, 3.63) is 0 Å². The zero-order valence-corrected chi connectivity index (χ0v) is 20.0. The fourth-order valence-corrected chi connectivity index (χ4v) is 6.46. The van der Waals surface area contributed by atoms with Crippen molar-refractivity contribution in [2.45, 2.75) is 135 Å². The molecule has 0 aliphatic carbocycles. The van der Waals surface area contributed by atoms with Crippen LogP contribution in [0.1, 0.15) is 107 Å². The van der Waals surface area contributed by atoms with Crippen molar-refractivity contribution in [2.75, 3.05) is 6.54 Å².